The molecule has 2 saturated heterocycles. The SMILES string of the molecule is CCc1c2cc(OC(=O)N3CCC(N4CCCCC4)CC3)ccc2nc2c1cn1c(=O)c3c(cc21)[C@@](O)(CC)C(=O)OC=3. The molecule has 1 N–H and O–H groups in total. The number of nitrogens with zero attached hydrogens (tertiary/aromatic N) is 4. The molecular formula is C33H36N4O6. The highest BCUT2D eigenvalue weighted by molar-refractivity contribution is 6.05. The average Bonchev–Trinajstić information content (AvgIpc) is 3.41. The quantitative estimate of drug-likeness (QED) is 0.362. The lowest BCUT2D eigenvalue weighted by Gasteiger charge is -2.39. The number of aryl methyl sites for hydroxylation is 1. The van der Waals surface area contributed by atoms with E-state index >= 15 is 0 Å². The molecule has 0 bridgehead atoms. The van der Waals surface area contributed by atoms with Gasteiger partial charge in [0.15, 0.2) is 5.60 Å². The molecule has 3 aliphatic heterocycles. The molecule has 3 aromatic heterocycles. The summed E-state index contributed by atoms with van der Waals surface area (Å²) in [5.41, 5.74) is 0.690. The van der Waals surface area contributed by atoms with Crippen LogP contribution in [0.5, 0.6) is 5.75 Å². The maximum atomic E-state index is 13.5. The number of cyclic esters (lactones) is 1. The van der Waals surface area contributed by atoms with Crippen LogP contribution in [0.2, 0.25) is 0 Å². The molecule has 0 radical (unpaired) electrons. The third kappa shape index (κ3) is 4.46. The van der Waals surface area contributed by atoms with Gasteiger partial charge >= 0.3 is 12.1 Å². The molecule has 4 aromatic rings. The molecule has 0 aliphatic carbocycles. The minimum absolute atomic E-state index is 0.0649. The fraction of sp³-hybridized carbons (Fsp3) is 0.455. The van der Waals surface area contributed by atoms with Gasteiger partial charge in [0.05, 0.1) is 21.8 Å². The van der Waals surface area contributed by atoms with Crippen LogP contribution < -0.4 is 15.5 Å². The van der Waals surface area contributed by atoms with Gasteiger partial charge < -0.3 is 24.4 Å². The molecule has 10 nitrogen and oxygen atoms in total. The Morgan fingerprint density at radius 3 is 2.56 bits per heavy atom. The van der Waals surface area contributed by atoms with E-state index in [0.29, 0.717) is 47.9 Å². The third-order valence-electron chi connectivity index (χ3n) is 9.65. The topological polar surface area (TPSA) is 114 Å². The van der Waals surface area contributed by atoms with Gasteiger partial charge in [-0.25, -0.2) is 14.6 Å². The lowest BCUT2D eigenvalue weighted by molar-refractivity contribution is -0.160. The van der Waals surface area contributed by atoms with Crippen molar-refractivity contribution < 1.29 is 24.2 Å². The first-order valence-corrected chi connectivity index (χ1v) is 15.4. The summed E-state index contributed by atoms with van der Waals surface area (Å²) in [5, 5.41) is 12.9. The van der Waals surface area contributed by atoms with Crippen LogP contribution in [-0.4, -0.2) is 68.6 Å². The van der Waals surface area contributed by atoms with Gasteiger partial charge in [0.1, 0.15) is 12.0 Å². The lowest BCUT2D eigenvalue weighted by atomic mass is 9.89. The molecule has 2 fully saturated rings. The van der Waals surface area contributed by atoms with Gasteiger partial charge in [0, 0.05) is 41.7 Å². The van der Waals surface area contributed by atoms with E-state index in [9.17, 15) is 19.5 Å². The van der Waals surface area contributed by atoms with Crippen LogP contribution in [0.4, 0.5) is 4.79 Å². The fourth-order valence-corrected chi connectivity index (χ4v) is 7.15. The molecule has 43 heavy (non-hydrogen) atoms. The molecule has 10 heteroatoms. The summed E-state index contributed by atoms with van der Waals surface area (Å²) in [6, 6.07) is 7.64. The molecule has 7 rings (SSSR count). The second-order valence-corrected chi connectivity index (χ2v) is 12.0. The Hall–Kier alpha value is -4.02. The number of fused-ring (bicyclic) bond motifs is 5. The minimum Gasteiger partial charge on any atom is -0.431 e. The Morgan fingerprint density at radius 1 is 1.07 bits per heavy atom. The minimum atomic E-state index is -1.91. The van der Waals surface area contributed by atoms with Crippen molar-refractivity contribution in [2.45, 2.75) is 70.4 Å². The van der Waals surface area contributed by atoms with E-state index in [1.807, 2.05) is 19.1 Å². The fourth-order valence-electron chi connectivity index (χ4n) is 7.15. The van der Waals surface area contributed by atoms with Crippen molar-refractivity contribution in [3.8, 4) is 5.75 Å². The Labute approximate surface area is 248 Å². The van der Waals surface area contributed by atoms with Gasteiger partial charge in [-0.15, -0.1) is 0 Å². The van der Waals surface area contributed by atoms with Crippen molar-refractivity contribution in [2.24, 2.45) is 0 Å². The Morgan fingerprint density at radius 2 is 1.84 bits per heavy atom. The molecule has 1 aromatic carbocycles. The van der Waals surface area contributed by atoms with Crippen molar-refractivity contribution >= 4 is 45.6 Å². The number of rotatable bonds is 4. The first-order chi connectivity index (χ1) is 20.8. The van der Waals surface area contributed by atoms with Crippen LogP contribution in [0.25, 0.3) is 33.6 Å². The number of pyridine rings is 2. The molecule has 224 valence electrons. The molecule has 3 aliphatic rings. The van der Waals surface area contributed by atoms with Gasteiger partial charge in [0.2, 0.25) is 0 Å². The summed E-state index contributed by atoms with van der Waals surface area (Å²) in [7, 11) is 0. The Kier molecular flexibility index (Phi) is 6.85. The largest absolute Gasteiger partial charge is 0.431 e. The summed E-state index contributed by atoms with van der Waals surface area (Å²) in [6.45, 7) is 7.41. The zero-order valence-corrected chi connectivity index (χ0v) is 24.6. The summed E-state index contributed by atoms with van der Waals surface area (Å²) in [4.78, 5) is 48.4. The van der Waals surface area contributed by atoms with Crippen molar-refractivity contribution in [1.82, 2.24) is 19.2 Å². The van der Waals surface area contributed by atoms with E-state index in [1.165, 1.54) is 23.7 Å². The number of ether oxygens (including phenoxy) is 2. The number of benzene rings is 1. The van der Waals surface area contributed by atoms with E-state index in [0.717, 1.165) is 48.5 Å². The van der Waals surface area contributed by atoms with Gasteiger partial charge in [-0.2, -0.15) is 0 Å². The number of hydrogen-bond donors (Lipinski definition) is 1. The number of hydrogen-bond acceptors (Lipinski definition) is 8. The zero-order valence-electron chi connectivity index (χ0n) is 24.6. The highest BCUT2D eigenvalue weighted by atomic mass is 16.6. The van der Waals surface area contributed by atoms with Crippen LogP contribution in [0.1, 0.15) is 63.5 Å². The monoisotopic (exact) mass is 584 g/mol. The molecule has 0 spiro atoms. The third-order valence-corrected chi connectivity index (χ3v) is 9.65. The molecule has 6 heterocycles. The summed E-state index contributed by atoms with van der Waals surface area (Å²) in [6.07, 6.45) is 9.03. The van der Waals surface area contributed by atoms with Gasteiger partial charge in [-0.05, 0) is 81.4 Å². The number of carbonyl (C=O) groups excluding carboxylic acids is 2. The summed E-state index contributed by atoms with van der Waals surface area (Å²) in [5.74, 6) is -0.350. The Balaban J connectivity index is 1.21. The van der Waals surface area contributed by atoms with E-state index < -0.39 is 17.1 Å². The number of aliphatic hydroxyl groups is 1. The standard InChI is InChI=1S/C33H36N4O6/c1-3-22-23-16-21(43-32(40)36-14-10-20(11-15-36)35-12-6-5-7-13-35)8-9-27(23)34-29-24(22)18-37-28(29)17-26-25(30(37)38)19-42-31(39)33(26,41)4-2/h8-9,16-20,41H,3-7,10-15H2,1-2H3/t33-/m0/s1. The molecule has 1 atom stereocenters. The second-order valence-electron chi connectivity index (χ2n) is 12.0. The number of esters is 1. The van der Waals surface area contributed by atoms with Crippen LogP contribution in [0.15, 0.2) is 35.3 Å². The molecule has 1 amide bonds. The van der Waals surface area contributed by atoms with Gasteiger partial charge in [-0.3, -0.25) is 9.20 Å². The second kappa shape index (κ2) is 10.6. The predicted octanol–water partition coefficient (Wildman–Crippen LogP) is 3.62. The van der Waals surface area contributed by atoms with E-state index in [4.69, 9.17) is 14.5 Å². The lowest BCUT2D eigenvalue weighted by Crippen LogP contribution is -2.48. The van der Waals surface area contributed by atoms with Crippen LogP contribution >= 0.6 is 0 Å². The Bertz CT molecular complexity index is 1890. The maximum Gasteiger partial charge on any atom is 0.415 e. The highest BCUT2D eigenvalue weighted by Crippen LogP contribution is 2.34. The number of amides is 1. The van der Waals surface area contributed by atoms with Crippen molar-refractivity contribution in [3.05, 3.63) is 57.2 Å². The van der Waals surface area contributed by atoms with Gasteiger partial charge in [0.25, 0.3) is 5.56 Å². The maximum absolute atomic E-state index is 13.5. The first-order valence-electron chi connectivity index (χ1n) is 15.4. The van der Waals surface area contributed by atoms with Crippen LogP contribution in [0.3, 0.4) is 0 Å². The zero-order chi connectivity index (χ0) is 29.9. The van der Waals surface area contributed by atoms with Gasteiger partial charge in [-0.1, -0.05) is 20.3 Å². The number of piperidine rings is 2. The first kappa shape index (κ1) is 27.8. The average molecular weight is 585 g/mol. The van der Waals surface area contributed by atoms with Crippen molar-refractivity contribution in [2.75, 3.05) is 26.2 Å². The van der Waals surface area contributed by atoms with E-state index in [-0.39, 0.29) is 23.3 Å². The van der Waals surface area contributed by atoms with Crippen molar-refractivity contribution in [3.63, 3.8) is 0 Å². The van der Waals surface area contributed by atoms with Crippen molar-refractivity contribution in [1.29, 1.82) is 0 Å². The van der Waals surface area contributed by atoms with Crippen LogP contribution in [-0.2, 0) is 21.6 Å². The number of aromatic nitrogens is 2. The molecule has 0 saturated carbocycles. The molecular weight excluding hydrogens is 548 g/mol. The summed E-state index contributed by atoms with van der Waals surface area (Å²) >= 11 is 0. The van der Waals surface area contributed by atoms with Crippen LogP contribution in [0, 0.1) is 0 Å². The molecule has 0 unspecified atom stereocenters. The van der Waals surface area contributed by atoms with E-state index in [1.54, 1.807) is 30.2 Å². The summed E-state index contributed by atoms with van der Waals surface area (Å²) < 4.78 is 12.4. The normalized spacial score (nSPS) is 21.7. The smallest absolute Gasteiger partial charge is 0.415 e. The van der Waals surface area contributed by atoms with E-state index in [2.05, 4.69) is 4.90 Å². The number of likely N-dealkylation sites (tertiary alicyclic amines) is 2. The predicted molar refractivity (Wildman–Crippen MR) is 162 cm³/mol. The highest BCUT2D eigenvalue weighted by Gasteiger charge is 2.42. The number of carbonyl (C=O) groups is 2.